The van der Waals surface area contributed by atoms with E-state index >= 15 is 0 Å². The van der Waals surface area contributed by atoms with Gasteiger partial charge in [0.25, 0.3) is 0 Å². The Balaban J connectivity index is 2.58. The minimum absolute atomic E-state index is 0.0383. The lowest BCUT2D eigenvalue weighted by atomic mass is 9.88. The monoisotopic (exact) mass is 279 g/mol. The van der Waals surface area contributed by atoms with Crippen molar-refractivity contribution in [1.29, 1.82) is 5.26 Å². The van der Waals surface area contributed by atoms with Gasteiger partial charge in [0.1, 0.15) is 5.78 Å². The summed E-state index contributed by atoms with van der Waals surface area (Å²) in [6, 6.07) is 2.02. The third-order valence-corrected chi connectivity index (χ3v) is 3.99. The highest BCUT2D eigenvalue weighted by Crippen LogP contribution is 2.36. The van der Waals surface area contributed by atoms with Gasteiger partial charge in [-0.1, -0.05) is 26.2 Å². The second-order valence-corrected chi connectivity index (χ2v) is 5.55. The minimum Gasteiger partial charge on any atom is -0.512 e. The molecule has 0 aromatic carbocycles. The Hall–Kier alpha value is -1.34. The molecule has 0 bridgehead atoms. The molecule has 0 aromatic heterocycles. The van der Waals surface area contributed by atoms with Crippen molar-refractivity contribution in [3.05, 3.63) is 11.8 Å². The van der Waals surface area contributed by atoms with Gasteiger partial charge >= 0.3 is 0 Å². The van der Waals surface area contributed by atoms with Crippen LogP contribution in [0.25, 0.3) is 0 Å². The van der Waals surface area contributed by atoms with E-state index in [1.807, 2.05) is 6.07 Å². The molecule has 1 saturated carbocycles. The van der Waals surface area contributed by atoms with Gasteiger partial charge < -0.3 is 10.2 Å². The van der Waals surface area contributed by atoms with Crippen molar-refractivity contribution >= 4 is 5.78 Å². The molecule has 0 aliphatic heterocycles. The number of hydrogen-bond donors (Lipinski definition) is 2. The number of allylic oxidation sites excluding steroid dienone is 1. The minimum atomic E-state index is -0.807. The summed E-state index contributed by atoms with van der Waals surface area (Å²) >= 11 is 0. The number of aliphatic hydroxyl groups excluding tert-OH is 2. The molecule has 0 aromatic rings. The highest BCUT2D eigenvalue weighted by Gasteiger charge is 2.43. The standard InChI is InChI=1S/C16H25NO3/c1-2-3-4-5-6-9-13(18)16-12(8-7-10-17)14(19)11-15(16)20/h9,12,15-16,18,20H,2-8,11H2,1H3/t12-,15+,16-/m0/s1. The number of hydrogen-bond acceptors (Lipinski definition) is 4. The normalized spacial score (nSPS) is 26.8. The SMILES string of the molecule is CCCCCCC=C(O)[C@H]1[C@H](O)CC(=O)[C@@H]1CCC#N. The van der Waals surface area contributed by atoms with E-state index in [1.165, 1.54) is 12.8 Å². The molecule has 3 atom stereocenters. The van der Waals surface area contributed by atoms with Crippen LogP contribution in [-0.2, 0) is 4.79 Å². The number of aliphatic hydroxyl groups is 2. The van der Waals surface area contributed by atoms with Crippen molar-refractivity contribution in [2.45, 2.75) is 64.4 Å². The molecule has 0 radical (unpaired) electrons. The van der Waals surface area contributed by atoms with E-state index in [1.54, 1.807) is 6.08 Å². The average Bonchev–Trinajstić information content (AvgIpc) is 2.70. The molecule has 1 rings (SSSR count). The highest BCUT2D eigenvalue weighted by atomic mass is 16.3. The Kier molecular flexibility index (Phi) is 7.32. The van der Waals surface area contributed by atoms with Crippen molar-refractivity contribution in [3.8, 4) is 6.07 Å². The Morgan fingerprint density at radius 1 is 1.45 bits per heavy atom. The van der Waals surface area contributed by atoms with Crippen LogP contribution >= 0.6 is 0 Å². The Morgan fingerprint density at radius 3 is 2.85 bits per heavy atom. The molecule has 0 saturated heterocycles. The fraction of sp³-hybridized carbons (Fsp3) is 0.750. The molecule has 0 amide bonds. The van der Waals surface area contributed by atoms with E-state index in [4.69, 9.17) is 5.26 Å². The van der Waals surface area contributed by atoms with Crippen LogP contribution in [0, 0.1) is 23.2 Å². The van der Waals surface area contributed by atoms with Crippen LogP contribution < -0.4 is 0 Å². The summed E-state index contributed by atoms with van der Waals surface area (Å²) < 4.78 is 0. The van der Waals surface area contributed by atoms with Crippen molar-refractivity contribution in [2.75, 3.05) is 0 Å². The summed E-state index contributed by atoms with van der Waals surface area (Å²) in [5, 5.41) is 28.7. The molecule has 0 unspecified atom stereocenters. The first-order chi connectivity index (χ1) is 9.61. The Labute approximate surface area is 121 Å². The number of carbonyl (C=O) groups excluding carboxylic acids is 1. The van der Waals surface area contributed by atoms with Crippen LogP contribution in [-0.4, -0.2) is 22.1 Å². The second-order valence-electron chi connectivity index (χ2n) is 5.55. The summed E-state index contributed by atoms with van der Waals surface area (Å²) in [7, 11) is 0. The zero-order valence-electron chi connectivity index (χ0n) is 12.2. The number of Topliss-reactive ketones (excluding diaryl/α,β-unsaturated/α-hetero) is 1. The summed E-state index contributed by atoms with van der Waals surface area (Å²) in [6.45, 7) is 2.15. The predicted molar refractivity (Wildman–Crippen MR) is 76.9 cm³/mol. The molecule has 1 aliphatic rings. The predicted octanol–water partition coefficient (Wildman–Crippen LogP) is 3.27. The van der Waals surface area contributed by atoms with Crippen LogP contribution in [0.2, 0.25) is 0 Å². The zero-order chi connectivity index (χ0) is 15.0. The lowest BCUT2D eigenvalue weighted by molar-refractivity contribution is -0.121. The molecular weight excluding hydrogens is 254 g/mol. The third kappa shape index (κ3) is 4.64. The molecule has 0 heterocycles. The molecule has 1 aliphatic carbocycles. The zero-order valence-corrected chi connectivity index (χ0v) is 12.2. The largest absolute Gasteiger partial charge is 0.512 e. The first-order valence-corrected chi connectivity index (χ1v) is 7.58. The maximum absolute atomic E-state index is 11.8. The van der Waals surface area contributed by atoms with E-state index in [0.717, 1.165) is 19.3 Å². The summed E-state index contributed by atoms with van der Waals surface area (Å²) in [4.78, 5) is 11.8. The van der Waals surface area contributed by atoms with Crippen molar-refractivity contribution < 1.29 is 15.0 Å². The lowest BCUT2D eigenvalue weighted by Crippen LogP contribution is -2.22. The van der Waals surface area contributed by atoms with Gasteiger partial charge in [0.15, 0.2) is 0 Å². The number of unbranched alkanes of at least 4 members (excludes halogenated alkanes) is 4. The third-order valence-electron chi connectivity index (χ3n) is 3.99. The van der Waals surface area contributed by atoms with Gasteiger partial charge in [0.05, 0.1) is 23.9 Å². The Morgan fingerprint density at radius 2 is 2.20 bits per heavy atom. The molecule has 4 heteroatoms. The van der Waals surface area contributed by atoms with Gasteiger partial charge in [-0.05, 0) is 25.3 Å². The molecule has 0 spiro atoms. The highest BCUT2D eigenvalue weighted by molar-refractivity contribution is 5.84. The molecular formula is C16H25NO3. The first kappa shape index (κ1) is 16.7. The van der Waals surface area contributed by atoms with Crippen molar-refractivity contribution in [3.63, 3.8) is 0 Å². The van der Waals surface area contributed by atoms with E-state index in [-0.39, 0.29) is 24.4 Å². The van der Waals surface area contributed by atoms with Crippen molar-refractivity contribution in [2.24, 2.45) is 11.8 Å². The van der Waals surface area contributed by atoms with E-state index < -0.39 is 17.9 Å². The van der Waals surface area contributed by atoms with Crippen LogP contribution in [0.4, 0.5) is 0 Å². The van der Waals surface area contributed by atoms with E-state index in [9.17, 15) is 15.0 Å². The number of nitriles is 1. The number of rotatable bonds is 8. The summed E-state index contributed by atoms with van der Waals surface area (Å²) in [6.07, 6.45) is 6.99. The van der Waals surface area contributed by atoms with Crippen LogP contribution in [0.15, 0.2) is 11.8 Å². The maximum Gasteiger partial charge on any atom is 0.139 e. The molecule has 1 fully saturated rings. The number of nitrogens with zero attached hydrogens (tertiary/aromatic N) is 1. The Bertz CT molecular complexity index is 384. The van der Waals surface area contributed by atoms with Gasteiger partial charge in [-0.15, -0.1) is 0 Å². The van der Waals surface area contributed by atoms with Gasteiger partial charge in [0.2, 0.25) is 0 Å². The van der Waals surface area contributed by atoms with E-state index in [0.29, 0.717) is 6.42 Å². The van der Waals surface area contributed by atoms with Gasteiger partial charge in [-0.2, -0.15) is 5.26 Å². The maximum atomic E-state index is 11.8. The van der Waals surface area contributed by atoms with E-state index in [2.05, 4.69) is 6.92 Å². The smallest absolute Gasteiger partial charge is 0.139 e. The summed E-state index contributed by atoms with van der Waals surface area (Å²) in [5.74, 6) is -0.829. The fourth-order valence-corrected chi connectivity index (χ4v) is 2.87. The van der Waals surface area contributed by atoms with Crippen molar-refractivity contribution in [1.82, 2.24) is 0 Å². The van der Waals surface area contributed by atoms with Crippen LogP contribution in [0.5, 0.6) is 0 Å². The second kappa shape index (κ2) is 8.76. The first-order valence-electron chi connectivity index (χ1n) is 7.58. The average molecular weight is 279 g/mol. The van der Waals surface area contributed by atoms with Crippen LogP contribution in [0.3, 0.4) is 0 Å². The van der Waals surface area contributed by atoms with Gasteiger partial charge in [-0.25, -0.2) is 0 Å². The molecule has 2 N–H and O–H groups in total. The van der Waals surface area contributed by atoms with Crippen LogP contribution in [0.1, 0.15) is 58.3 Å². The van der Waals surface area contributed by atoms with Gasteiger partial charge in [0, 0.05) is 18.8 Å². The van der Waals surface area contributed by atoms with Gasteiger partial charge in [-0.3, -0.25) is 4.79 Å². The number of ketones is 1. The fourth-order valence-electron chi connectivity index (χ4n) is 2.87. The number of carbonyl (C=O) groups is 1. The molecule has 20 heavy (non-hydrogen) atoms. The lowest BCUT2D eigenvalue weighted by Gasteiger charge is -2.19. The topological polar surface area (TPSA) is 81.3 Å². The quantitative estimate of drug-likeness (QED) is 0.528. The molecule has 4 nitrogen and oxygen atoms in total. The summed E-state index contributed by atoms with van der Waals surface area (Å²) in [5.41, 5.74) is 0. The molecule has 112 valence electrons.